The minimum Gasteiger partial charge on any atom is -0.303 e. The molecule has 0 N–H and O–H groups in total. The lowest BCUT2D eigenvalue weighted by molar-refractivity contribution is -0.114. The average Bonchev–Trinajstić information content (AvgIpc) is 2.94. The van der Waals surface area contributed by atoms with Gasteiger partial charge in [0.2, 0.25) is 0 Å². The number of benzene rings is 1. The van der Waals surface area contributed by atoms with Crippen molar-refractivity contribution in [3.8, 4) is 0 Å². The van der Waals surface area contributed by atoms with Gasteiger partial charge in [-0.15, -0.1) is 5.73 Å². The Labute approximate surface area is 157 Å². The highest BCUT2D eigenvalue weighted by Crippen LogP contribution is 2.30. The molecule has 0 spiro atoms. The molecule has 1 aliphatic heterocycles. The van der Waals surface area contributed by atoms with Gasteiger partial charge in [-0.3, -0.25) is 4.79 Å². The van der Waals surface area contributed by atoms with E-state index in [9.17, 15) is 4.79 Å². The summed E-state index contributed by atoms with van der Waals surface area (Å²) in [4.78, 5) is 14.7. The Morgan fingerprint density at radius 2 is 1.81 bits per heavy atom. The molecule has 2 heteroatoms. The molecule has 1 saturated heterocycles. The average molecular weight is 348 g/mol. The molecular formula is C24H29NO. The number of carbonyl (C=O) groups is 1. The summed E-state index contributed by atoms with van der Waals surface area (Å²) in [5, 5.41) is 0. The highest BCUT2D eigenvalue weighted by Gasteiger charge is 2.31. The van der Waals surface area contributed by atoms with Crippen molar-refractivity contribution in [3.63, 3.8) is 0 Å². The van der Waals surface area contributed by atoms with Crippen LogP contribution in [0.2, 0.25) is 0 Å². The zero-order valence-electron chi connectivity index (χ0n) is 16.5. The molecule has 0 aromatic heterocycles. The van der Waals surface area contributed by atoms with Gasteiger partial charge in [0.15, 0.2) is 0 Å². The van der Waals surface area contributed by atoms with Gasteiger partial charge in [0.05, 0.1) is 12.1 Å². The molecule has 1 amide bonds. The normalized spacial score (nSPS) is 20.5. The van der Waals surface area contributed by atoms with E-state index in [0.717, 1.165) is 23.3 Å². The zero-order valence-corrected chi connectivity index (χ0v) is 16.5. The molecule has 0 unspecified atom stereocenters. The molecule has 3 rings (SSSR count). The van der Waals surface area contributed by atoms with Crippen molar-refractivity contribution in [2.45, 2.75) is 47.0 Å². The molecule has 0 bridgehead atoms. The van der Waals surface area contributed by atoms with Gasteiger partial charge in [-0.2, -0.15) is 0 Å². The maximum atomic E-state index is 12.8. The van der Waals surface area contributed by atoms with Gasteiger partial charge in [0.25, 0.3) is 5.91 Å². The molecule has 26 heavy (non-hydrogen) atoms. The van der Waals surface area contributed by atoms with Crippen LogP contribution in [0.1, 0.15) is 52.5 Å². The van der Waals surface area contributed by atoms with E-state index in [1.165, 1.54) is 5.56 Å². The zero-order chi connectivity index (χ0) is 19.1. The number of hydrogen-bond donors (Lipinski definition) is 0. The smallest absolute Gasteiger partial charge is 0.266 e. The molecule has 1 aliphatic carbocycles. The van der Waals surface area contributed by atoms with Crippen molar-refractivity contribution in [1.82, 2.24) is 0 Å². The summed E-state index contributed by atoms with van der Waals surface area (Å²) in [5.74, 6) is 0.531. The van der Waals surface area contributed by atoms with Gasteiger partial charge < -0.3 is 4.90 Å². The fourth-order valence-corrected chi connectivity index (χ4v) is 3.02. The van der Waals surface area contributed by atoms with Crippen LogP contribution in [0.5, 0.6) is 0 Å². The van der Waals surface area contributed by atoms with Gasteiger partial charge in [0, 0.05) is 5.69 Å². The van der Waals surface area contributed by atoms with Crippen molar-refractivity contribution < 1.29 is 4.79 Å². The number of allylic oxidation sites excluding steroid dienone is 5. The van der Waals surface area contributed by atoms with Gasteiger partial charge in [-0.1, -0.05) is 64.1 Å². The van der Waals surface area contributed by atoms with Crippen LogP contribution in [-0.4, -0.2) is 12.5 Å². The van der Waals surface area contributed by atoms with E-state index in [1.807, 2.05) is 56.0 Å². The van der Waals surface area contributed by atoms with Gasteiger partial charge >= 0.3 is 0 Å². The summed E-state index contributed by atoms with van der Waals surface area (Å²) >= 11 is 0. The molecule has 1 aromatic rings. The second kappa shape index (κ2) is 9.22. The Morgan fingerprint density at radius 1 is 1.12 bits per heavy atom. The first-order valence-electron chi connectivity index (χ1n) is 9.51. The number of carbonyl (C=O) groups excluding carboxylic acids is 1. The summed E-state index contributed by atoms with van der Waals surface area (Å²) in [6, 6.07) is 8.30. The minimum atomic E-state index is 0.0384. The molecule has 0 atom stereocenters. The van der Waals surface area contributed by atoms with Crippen LogP contribution in [-0.2, 0) is 4.79 Å². The van der Waals surface area contributed by atoms with Crippen molar-refractivity contribution in [2.75, 3.05) is 11.4 Å². The first-order valence-corrected chi connectivity index (χ1v) is 9.51. The number of amides is 1. The SMILES string of the molecule is C/C=C/C1=C/C/C=C2/CN(c3ccc(C(C)C)cc3)C(=O)C2=C=C1.CC. The van der Waals surface area contributed by atoms with Crippen LogP contribution >= 0.6 is 0 Å². The van der Waals surface area contributed by atoms with E-state index in [-0.39, 0.29) is 5.91 Å². The fraction of sp³-hybridized carbons (Fsp3) is 0.333. The molecule has 2 aliphatic rings. The molecule has 136 valence electrons. The van der Waals surface area contributed by atoms with E-state index < -0.39 is 0 Å². The first kappa shape index (κ1) is 19.8. The lowest BCUT2D eigenvalue weighted by Crippen LogP contribution is -2.24. The van der Waals surface area contributed by atoms with Crippen molar-refractivity contribution in [1.29, 1.82) is 0 Å². The standard InChI is InChI=1S/C22H23NO.C2H6/c1-4-6-17-7-5-8-19-15-23(22(24)21(19)14-9-17)20-12-10-18(11-13-20)16(2)3;1-2/h4,6-13,16H,5,15H2,1-3H3;1-2H3/b6-4+,17-7-,19-8-;. The van der Waals surface area contributed by atoms with Crippen LogP contribution in [0.25, 0.3) is 0 Å². The van der Waals surface area contributed by atoms with Crippen LogP contribution in [0, 0.1) is 0 Å². The number of rotatable bonds is 3. The third-order valence-corrected chi connectivity index (χ3v) is 4.44. The van der Waals surface area contributed by atoms with E-state index in [2.05, 4.69) is 43.9 Å². The number of nitrogens with zero attached hydrogens (tertiary/aromatic N) is 1. The van der Waals surface area contributed by atoms with E-state index in [4.69, 9.17) is 0 Å². The van der Waals surface area contributed by atoms with E-state index in [1.54, 1.807) is 0 Å². The fourth-order valence-electron chi connectivity index (χ4n) is 3.02. The number of anilines is 1. The quantitative estimate of drug-likeness (QED) is 0.605. The largest absolute Gasteiger partial charge is 0.303 e. The number of fused-ring (bicyclic) bond motifs is 1. The maximum Gasteiger partial charge on any atom is 0.266 e. The molecule has 2 nitrogen and oxygen atoms in total. The van der Waals surface area contributed by atoms with Crippen LogP contribution in [0.15, 0.2) is 77.1 Å². The van der Waals surface area contributed by atoms with Gasteiger partial charge in [0.1, 0.15) is 0 Å². The third-order valence-electron chi connectivity index (χ3n) is 4.44. The lowest BCUT2D eigenvalue weighted by Gasteiger charge is -2.16. The van der Waals surface area contributed by atoms with Gasteiger partial charge in [-0.05, 0) is 54.2 Å². The molecular weight excluding hydrogens is 318 g/mol. The number of hydrogen-bond acceptors (Lipinski definition) is 1. The second-order valence-corrected chi connectivity index (χ2v) is 6.47. The van der Waals surface area contributed by atoms with Crippen molar-refractivity contribution >= 4 is 11.6 Å². The Balaban J connectivity index is 0.00000117. The summed E-state index contributed by atoms with van der Waals surface area (Å²) in [7, 11) is 0. The van der Waals surface area contributed by atoms with Crippen molar-refractivity contribution in [2.24, 2.45) is 0 Å². The second-order valence-electron chi connectivity index (χ2n) is 6.47. The summed E-state index contributed by atoms with van der Waals surface area (Å²) in [6.07, 6.45) is 11.1. The molecule has 1 aromatic carbocycles. The Morgan fingerprint density at radius 3 is 2.42 bits per heavy atom. The van der Waals surface area contributed by atoms with Crippen molar-refractivity contribution in [3.05, 3.63) is 82.7 Å². The predicted molar refractivity (Wildman–Crippen MR) is 111 cm³/mol. The Hall–Kier alpha value is -2.57. The molecule has 0 saturated carbocycles. The summed E-state index contributed by atoms with van der Waals surface area (Å²) < 4.78 is 0. The van der Waals surface area contributed by atoms with Gasteiger partial charge in [-0.25, -0.2) is 0 Å². The first-order chi connectivity index (χ1) is 12.6. The van der Waals surface area contributed by atoms with Crippen LogP contribution in [0.3, 0.4) is 0 Å². The Bertz CT molecular complexity index is 797. The van der Waals surface area contributed by atoms with Crippen LogP contribution < -0.4 is 4.90 Å². The van der Waals surface area contributed by atoms with Crippen LogP contribution in [0.4, 0.5) is 5.69 Å². The van der Waals surface area contributed by atoms with E-state index in [0.29, 0.717) is 18.0 Å². The predicted octanol–water partition coefficient (Wildman–Crippen LogP) is 6.10. The lowest BCUT2D eigenvalue weighted by atomic mass is 10.0. The topological polar surface area (TPSA) is 20.3 Å². The minimum absolute atomic E-state index is 0.0384. The molecule has 1 heterocycles. The van der Waals surface area contributed by atoms with E-state index >= 15 is 0 Å². The maximum absolute atomic E-state index is 12.8. The Kier molecular flexibility index (Phi) is 7.00. The highest BCUT2D eigenvalue weighted by molar-refractivity contribution is 6.12. The summed E-state index contributed by atoms with van der Waals surface area (Å²) in [6.45, 7) is 11.0. The third kappa shape index (κ3) is 4.33. The monoisotopic (exact) mass is 347 g/mol. The summed E-state index contributed by atoms with van der Waals surface area (Å²) in [5.41, 5.74) is 8.30. The molecule has 1 fully saturated rings. The molecule has 0 radical (unpaired) electrons. The highest BCUT2D eigenvalue weighted by atomic mass is 16.2.